The Kier molecular flexibility index (Phi) is 4.46. The van der Waals surface area contributed by atoms with Crippen LogP contribution >= 0.6 is 23.2 Å². The molecule has 0 spiro atoms. The Hall–Kier alpha value is -1.51. The molecule has 0 heterocycles. The summed E-state index contributed by atoms with van der Waals surface area (Å²) in [6.45, 7) is 1.93. The minimum Gasteiger partial charge on any atom is -0.346 e. The third-order valence-electron chi connectivity index (χ3n) is 2.82. The summed E-state index contributed by atoms with van der Waals surface area (Å²) in [4.78, 5) is 12.0. The van der Waals surface area contributed by atoms with E-state index >= 15 is 0 Å². The van der Waals surface area contributed by atoms with Gasteiger partial charge in [-0.2, -0.15) is 0 Å². The number of carbonyl (C=O) groups excluding carboxylic acids is 1. The molecule has 0 bridgehead atoms. The van der Waals surface area contributed by atoms with Crippen LogP contribution in [-0.2, 0) is 0 Å². The van der Waals surface area contributed by atoms with E-state index in [9.17, 15) is 4.79 Å². The van der Waals surface area contributed by atoms with Crippen molar-refractivity contribution >= 4 is 29.1 Å². The first-order valence-corrected chi connectivity index (χ1v) is 6.64. The zero-order valence-electron chi connectivity index (χ0n) is 10.4. The number of hydrogen-bond acceptors (Lipinski definition) is 1. The van der Waals surface area contributed by atoms with Gasteiger partial charge in [0.25, 0.3) is 5.91 Å². The molecule has 2 aromatic carbocycles. The molecule has 1 atom stereocenters. The second kappa shape index (κ2) is 6.09. The Labute approximate surface area is 122 Å². The van der Waals surface area contributed by atoms with Crippen molar-refractivity contribution in [3.8, 4) is 0 Å². The van der Waals surface area contributed by atoms with E-state index in [0.29, 0.717) is 15.6 Å². The van der Waals surface area contributed by atoms with E-state index in [1.54, 1.807) is 24.3 Å². The van der Waals surface area contributed by atoms with E-state index in [4.69, 9.17) is 23.2 Å². The highest BCUT2D eigenvalue weighted by atomic mass is 35.5. The number of benzene rings is 2. The Balaban J connectivity index is 2.06. The lowest BCUT2D eigenvalue weighted by atomic mass is 10.1. The third kappa shape index (κ3) is 3.72. The van der Waals surface area contributed by atoms with Gasteiger partial charge in [-0.1, -0.05) is 35.3 Å². The monoisotopic (exact) mass is 293 g/mol. The van der Waals surface area contributed by atoms with Gasteiger partial charge < -0.3 is 5.32 Å². The van der Waals surface area contributed by atoms with Crippen molar-refractivity contribution in [3.63, 3.8) is 0 Å². The zero-order chi connectivity index (χ0) is 13.8. The quantitative estimate of drug-likeness (QED) is 0.888. The standard InChI is InChI=1S/C15H13Cl2NO/c1-10(11-2-6-13(16)7-3-11)18-15(19)12-4-8-14(17)9-5-12/h2-10H,1H3,(H,18,19). The van der Waals surface area contributed by atoms with Gasteiger partial charge in [0.2, 0.25) is 0 Å². The van der Waals surface area contributed by atoms with E-state index in [1.165, 1.54) is 0 Å². The van der Waals surface area contributed by atoms with E-state index in [1.807, 2.05) is 31.2 Å². The second-order valence-corrected chi connectivity index (χ2v) is 5.13. The molecule has 0 saturated heterocycles. The summed E-state index contributed by atoms with van der Waals surface area (Å²) in [5, 5.41) is 4.22. The van der Waals surface area contributed by atoms with Crippen molar-refractivity contribution in [2.45, 2.75) is 13.0 Å². The van der Waals surface area contributed by atoms with Crippen LogP contribution in [0.15, 0.2) is 48.5 Å². The minimum atomic E-state index is -0.126. The van der Waals surface area contributed by atoms with Gasteiger partial charge in [-0.3, -0.25) is 4.79 Å². The van der Waals surface area contributed by atoms with Gasteiger partial charge in [0.05, 0.1) is 6.04 Å². The molecule has 2 aromatic rings. The predicted molar refractivity (Wildman–Crippen MR) is 78.8 cm³/mol. The summed E-state index contributed by atoms with van der Waals surface area (Å²) >= 11 is 11.6. The van der Waals surface area contributed by atoms with Gasteiger partial charge in [0, 0.05) is 15.6 Å². The molecule has 4 heteroatoms. The van der Waals surface area contributed by atoms with E-state index in [2.05, 4.69) is 5.32 Å². The van der Waals surface area contributed by atoms with Crippen molar-refractivity contribution in [2.75, 3.05) is 0 Å². The number of halogens is 2. The molecule has 1 N–H and O–H groups in total. The van der Waals surface area contributed by atoms with Crippen molar-refractivity contribution in [3.05, 3.63) is 69.7 Å². The van der Waals surface area contributed by atoms with Crippen LogP contribution in [0.3, 0.4) is 0 Å². The molecule has 0 aromatic heterocycles. The smallest absolute Gasteiger partial charge is 0.251 e. The first-order chi connectivity index (χ1) is 9.06. The maximum Gasteiger partial charge on any atom is 0.251 e. The molecule has 1 unspecified atom stereocenters. The second-order valence-electron chi connectivity index (χ2n) is 4.25. The summed E-state index contributed by atoms with van der Waals surface area (Å²) < 4.78 is 0. The fraction of sp³-hybridized carbons (Fsp3) is 0.133. The topological polar surface area (TPSA) is 29.1 Å². The predicted octanol–water partition coefficient (Wildman–Crippen LogP) is 4.48. The highest BCUT2D eigenvalue weighted by Crippen LogP contribution is 2.17. The average molecular weight is 294 g/mol. The Bertz CT molecular complexity index is 564. The summed E-state index contributed by atoms with van der Waals surface area (Å²) in [5.74, 6) is -0.126. The molecule has 2 nitrogen and oxygen atoms in total. The molecule has 0 aliphatic carbocycles. The molecule has 2 rings (SSSR count). The molecule has 19 heavy (non-hydrogen) atoms. The van der Waals surface area contributed by atoms with Crippen LogP contribution in [0, 0.1) is 0 Å². The van der Waals surface area contributed by atoms with Gasteiger partial charge in [-0.05, 0) is 48.9 Å². The van der Waals surface area contributed by atoms with Crippen molar-refractivity contribution < 1.29 is 4.79 Å². The molecule has 0 fully saturated rings. The lowest BCUT2D eigenvalue weighted by Gasteiger charge is -2.14. The van der Waals surface area contributed by atoms with Crippen LogP contribution in [0.4, 0.5) is 0 Å². The van der Waals surface area contributed by atoms with Gasteiger partial charge in [-0.25, -0.2) is 0 Å². The van der Waals surface area contributed by atoms with Crippen LogP contribution < -0.4 is 5.32 Å². The zero-order valence-corrected chi connectivity index (χ0v) is 11.9. The van der Waals surface area contributed by atoms with Crippen LogP contribution in [0.2, 0.25) is 10.0 Å². The average Bonchev–Trinajstić information content (AvgIpc) is 2.40. The summed E-state index contributed by atoms with van der Waals surface area (Å²) in [6, 6.07) is 14.1. The molecular weight excluding hydrogens is 281 g/mol. The first-order valence-electron chi connectivity index (χ1n) is 5.88. The third-order valence-corrected chi connectivity index (χ3v) is 3.33. The van der Waals surface area contributed by atoms with E-state index in [0.717, 1.165) is 5.56 Å². The van der Waals surface area contributed by atoms with Gasteiger partial charge in [0.15, 0.2) is 0 Å². The Morgan fingerprint density at radius 2 is 1.42 bits per heavy atom. The first kappa shape index (κ1) is 13.9. The molecule has 0 radical (unpaired) electrons. The van der Waals surface area contributed by atoms with Crippen molar-refractivity contribution in [1.29, 1.82) is 0 Å². The minimum absolute atomic E-state index is 0.0829. The number of amides is 1. The molecule has 98 valence electrons. The summed E-state index contributed by atoms with van der Waals surface area (Å²) in [6.07, 6.45) is 0. The summed E-state index contributed by atoms with van der Waals surface area (Å²) in [7, 11) is 0. The molecule has 0 aliphatic heterocycles. The lowest BCUT2D eigenvalue weighted by molar-refractivity contribution is 0.0940. The highest BCUT2D eigenvalue weighted by Gasteiger charge is 2.11. The molecule has 0 saturated carbocycles. The van der Waals surface area contributed by atoms with Crippen molar-refractivity contribution in [2.24, 2.45) is 0 Å². The van der Waals surface area contributed by atoms with Crippen LogP contribution in [0.25, 0.3) is 0 Å². The number of rotatable bonds is 3. The largest absolute Gasteiger partial charge is 0.346 e. The SMILES string of the molecule is CC(NC(=O)c1ccc(Cl)cc1)c1ccc(Cl)cc1. The lowest BCUT2D eigenvalue weighted by Crippen LogP contribution is -2.26. The number of hydrogen-bond donors (Lipinski definition) is 1. The summed E-state index contributed by atoms with van der Waals surface area (Å²) in [5.41, 5.74) is 1.59. The van der Waals surface area contributed by atoms with Crippen molar-refractivity contribution in [1.82, 2.24) is 5.32 Å². The fourth-order valence-electron chi connectivity index (χ4n) is 1.72. The number of nitrogens with one attached hydrogen (secondary N) is 1. The Morgan fingerprint density at radius 3 is 1.95 bits per heavy atom. The maximum atomic E-state index is 12.0. The van der Waals surface area contributed by atoms with E-state index in [-0.39, 0.29) is 11.9 Å². The van der Waals surface area contributed by atoms with Crippen LogP contribution in [0.1, 0.15) is 28.9 Å². The van der Waals surface area contributed by atoms with Crippen LogP contribution in [-0.4, -0.2) is 5.91 Å². The van der Waals surface area contributed by atoms with Gasteiger partial charge in [0.1, 0.15) is 0 Å². The van der Waals surface area contributed by atoms with E-state index < -0.39 is 0 Å². The molecular formula is C15H13Cl2NO. The highest BCUT2D eigenvalue weighted by molar-refractivity contribution is 6.30. The molecule has 1 amide bonds. The number of carbonyl (C=O) groups is 1. The maximum absolute atomic E-state index is 12.0. The fourth-order valence-corrected chi connectivity index (χ4v) is 1.97. The Morgan fingerprint density at radius 1 is 0.947 bits per heavy atom. The van der Waals surface area contributed by atoms with Crippen LogP contribution in [0.5, 0.6) is 0 Å². The molecule has 0 aliphatic rings. The van der Waals surface area contributed by atoms with Gasteiger partial charge in [-0.15, -0.1) is 0 Å². The normalized spacial score (nSPS) is 11.9. The van der Waals surface area contributed by atoms with Gasteiger partial charge >= 0.3 is 0 Å².